The Labute approximate surface area is 114 Å². The smallest absolute Gasteiger partial charge is 0.239 e. The Morgan fingerprint density at radius 1 is 1.26 bits per heavy atom. The monoisotopic (exact) mass is 282 g/mol. The molecule has 0 aliphatic carbocycles. The van der Waals surface area contributed by atoms with Crippen molar-refractivity contribution in [2.24, 2.45) is 0 Å². The molecule has 1 N–H and O–H groups in total. The highest BCUT2D eigenvalue weighted by atomic mass is 32.2. The van der Waals surface area contributed by atoms with Crippen LogP contribution in [0.15, 0.2) is 35.7 Å². The van der Waals surface area contributed by atoms with Gasteiger partial charge in [-0.05, 0) is 18.6 Å². The van der Waals surface area contributed by atoms with E-state index >= 15 is 0 Å². The van der Waals surface area contributed by atoms with Gasteiger partial charge in [0.05, 0.1) is 6.04 Å². The Hall–Kier alpha value is -1.66. The van der Waals surface area contributed by atoms with Gasteiger partial charge in [-0.2, -0.15) is 4.72 Å². The van der Waals surface area contributed by atoms with Crippen LogP contribution in [0.2, 0.25) is 0 Å². The van der Waals surface area contributed by atoms with E-state index in [4.69, 9.17) is 0 Å². The summed E-state index contributed by atoms with van der Waals surface area (Å²) in [4.78, 5) is 12.9. The van der Waals surface area contributed by atoms with E-state index in [1.807, 2.05) is 18.2 Å². The number of nitrogens with one attached hydrogen (secondary N) is 1. The number of benzene rings is 1. The Balaban J connectivity index is 2.72. The Morgan fingerprint density at radius 2 is 1.84 bits per heavy atom. The van der Waals surface area contributed by atoms with Crippen LogP contribution in [0, 0.1) is 0 Å². The van der Waals surface area contributed by atoms with Crippen LogP contribution < -0.4 is 4.72 Å². The zero-order valence-corrected chi connectivity index (χ0v) is 12.0. The average molecular weight is 282 g/mol. The first kappa shape index (κ1) is 15.4. The highest BCUT2D eigenvalue weighted by Crippen LogP contribution is 2.03. The Bertz CT molecular complexity index is 551. The predicted octanol–water partition coefficient (Wildman–Crippen LogP) is 1.05. The molecule has 0 saturated carbocycles. The molecule has 0 saturated heterocycles. The summed E-state index contributed by atoms with van der Waals surface area (Å²) in [6, 6.07) is 8.28. The minimum atomic E-state index is -3.64. The van der Waals surface area contributed by atoms with Gasteiger partial charge in [-0.25, -0.2) is 8.42 Å². The lowest BCUT2D eigenvalue weighted by molar-refractivity contribution is -0.130. The lowest BCUT2D eigenvalue weighted by atomic mass is 10.2. The van der Waals surface area contributed by atoms with E-state index in [1.54, 1.807) is 26.2 Å². The fourth-order valence-electron chi connectivity index (χ4n) is 1.46. The number of carbonyl (C=O) groups is 1. The van der Waals surface area contributed by atoms with Crippen LogP contribution in [0.1, 0.15) is 12.5 Å². The zero-order valence-electron chi connectivity index (χ0n) is 11.2. The van der Waals surface area contributed by atoms with Crippen molar-refractivity contribution in [1.29, 1.82) is 0 Å². The third kappa shape index (κ3) is 5.23. The number of nitrogens with zero attached hydrogens (tertiary/aromatic N) is 1. The van der Waals surface area contributed by atoms with Crippen LogP contribution in [0.5, 0.6) is 0 Å². The van der Waals surface area contributed by atoms with Crippen molar-refractivity contribution in [2.45, 2.75) is 13.0 Å². The maximum absolute atomic E-state index is 11.8. The van der Waals surface area contributed by atoms with Crippen LogP contribution in [0.4, 0.5) is 0 Å². The van der Waals surface area contributed by atoms with Crippen molar-refractivity contribution in [3.8, 4) is 0 Å². The molecule has 0 aromatic heterocycles. The number of hydrogen-bond acceptors (Lipinski definition) is 3. The van der Waals surface area contributed by atoms with Gasteiger partial charge in [-0.3, -0.25) is 4.79 Å². The summed E-state index contributed by atoms with van der Waals surface area (Å²) >= 11 is 0. The quantitative estimate of drug-likeness (QED) is 0.878. The van der Waals surface area contributed by atoms with E-state index in [1.165, 1.54) is 17.9 Å². The zero-order chi connectivity index (χ0) is 14.5. The number of hydrogen-bond donors (Lipinski definition) is 1. The summed E-state index contributed by atoms with van der Waals surface area (Å²) in [5.41, 5.74) is 0.777. The molecule has 0 fully saturated rings. The summed E-state index contributed by atoms with van der Waals surface area (Å²) in [7, 11) is -0.483. The van der Waals surface area contributed by atoms with Gasteiger partial charge in [0.25, 0.3) is 0 Å². The molecule has 1 aromatic rings. The number of likely N-dealkylation sites (N-methyl/N-ethyl adjacent to an activating group) is 1. The molecule has 0 spiro atoms. The molecule has 1 rings (SSSR count). The van der Waals surface area contributed by atoms with Crippen molar-refractivity contribution in [3.63, 3.8) is 0 Å². The van der Waals surface area contributed by atoms with Gasteiger partial charge in [0.15, 0.2) is 0 Å². The number of amides is 1. The average Bonchev–Trinajstić information content (AvgIpc) is 2.36. The summed E-state index contributed by atoms with van der Waals surface area (Å²) in [6.45, 7) is 1.51. The fourth-order valence-corrected chi connectivity index (χ4v) is 2.46. The van der Waals surface area contributed by atoms with Gasteiger partial charge in [0.1, 0.15) is 0 Å². The van der Waals surface area contributed by atoms with Crippen LogP contribution in [-0.4, -0.2) is 39.4 Å². The second-order valence-corrected chi connectivity index (χ2v) is 5.93. The van der Waals surface area contributed by atoms with Gasteiger partial charge in [-0.1, -0.05) is 30.3 Å². The minimum Gasteiger partial charge on any atom is -0.347 e. The highest BCUT2D eigenvalue weighted by molar-refractivity contribution is 7.92. The van der Waals surface area contributed by atoms with E-state index in [9.17, 15) is 13.2 Å². The van der Waals surface area contributed by atoms with Gasteiger partial charge in [0.2, 0.25) is 15.9 Å². The molecular formula is C13H18N2O3S. The summed E-state index contributed by atoms with van der Waals surface area (Å²) in [5, 5.41) is 1.06. The lowest BCUT2D eigenvalue weighted by Crippen LogP contribution is -2.43. The third-order valence-corrected chi connectivity index (χ3v) is 3.57. The van der Waals surface area contributed by atoms with Crippen molar-refractivity contribution in [2.75, 3.05) is 14.1 Å². The molecule has 1 aromatic carbocycles. The maximum atomic E-state index is 11.8. The Kier molecular flexibility index (Phi) is 5.26. The molecule has 0 radical (unpaired) electrons. The Morgan fingerprint density at radius 3 is 2.37 bits per heavy atom. The first-order valence-electron chi connectivity index (χ1n) is 5.78. The molecular weight excluding hydrogens is 264 g/mol. The van der Waals surface area contributed by atoms with Gasteiger partial charge < -0.3 is 4.90 Å². The summed E-state index contributed by atoms with van der Waals surface area (Å²) < 4.78 is 25.8. The summed E-state index contributed by atoms with van der Waals surface area (Å²) in [5.74, 6) is -0.295. The van der Waals surface area contributed by atoms with Crippen LogP contribution in [-0.2, 0) is 14.8 Å². The normalized spacial score (nSPS) is 13.4. The predicted molar refractivity (Wildman–Crippen MR) is 75.7 cm³/mol. The van der Waals surface area contributed by atoms with Gasteiger partial charge >= 0.3 is 0 Å². The molecule has 1 unspecified atom stereocenters. The largest absolute Gasteiger partial charge is 0.347 e. The minimum absolute atomic E-state index is 0.295. The molecule has 19 heavy (non-hydrogen) atoms. The molecule has 0 aliphatic rings. The molecule has 0 bridgehead atoms. The lowest BCUT2D eigenvalue weighted by Gasteiger charge is -2.16. The number of carbonyl (C=O) groups excluding carboxylic acids is 1. The van der Waals surface area contributed by atoms with E-state index < -0.39 is 16.1 Å². The standard InChI is InChI=1S/C13H18N2O3S/c1-11(13(16)15(2)3)14-19(17,18)10-9-12-7-5-4-6-8-12/h4-11,14H,1-3H3/b10-9+. The molecule has 1 amide bonds. The van der Waals surface area contributed by atoms with E-state index in [2.05, 4.69) is 4.72 Å². The van der Waals surface area contributed by atoms with Crippen molar-refractivity contribution < 1.29 is 13.2 Å². The molecule has 104 valence electrons. The van der Waals surface area contributed by atoms with Crippen LogP contribution >= 0.6 is 0 Å². The topological polar surface area (TPSA) is 66.5 Å². The number of rotatable bonds is 5. The van der Waals surface area contributed by atoms with Crippen LogP contribution in [0.25, 0.3) is 6.08 Å². The SMILES string of the molecule is CC(NS(=O)(=O)/C=C/c1ccccc1)C(=O)N(C)C. The van der Waals surface area contributed by atoms with Crippen molar-refractivity contribution in [1.82, 2.24) is 9.62 Å². The molecule has 1 atom stereocenters. The third-order valence-electron chi connectivity index (χ3n) is 2.39. The van der Waals surface area contributed by atoms with Crippen molar-refractivity contribution >= 4 is 22.0 Å². The molecule has 5 nitrogen and oxygen atoms in total. The maximum Gasteiger partial charge on any atom is 0.239 e. The second-order valence-electron chi connectivity index (χ2n) is 4.33. The van der Waals surface area contributed by atoms with E-state index in [0.29, 0.717) is 0 Å². The first-order chi connectivity index (χ1) is 8.82. The first-order valence-corrected chi connectivity index (χ1v) is 7.33. The second kappa shape index (κ2) is 6.49. The number of sulfonamides is 1. The molecule has 0 heterocycles. The molecule has 0 aliphatic heterocycles. The van der Waals surface area contributed by atoms with Crippen molar-refractivity contribution in [3.05, 3.63) is 41.3 Å². The highest BCUT2D eigenvalue weighted by Gasteiger charge is 2.19. The van der Waals surface area contributed by atoms with Crippen LogP contribution in [0.3, 0.4) is 0 Å². The van der Waals surface area contributed by atoms with Gasteiger partial charge in [0, 0.05) is 19.5 Å². The summed E-state index contributed by atoms with van der Waals surface area (Å²) in [6.07, 6.45) is 1.48. The van der Waals surface area contributed by atoms with E-state index in [0.717, 1.165) is 11.0 Å². The molecule has 6 heteroatoms. The van der Waals surface area contributed by atoms with Gasteiger partial charge in [-0.15, -0.1) is 0 Å². The fraction of sp³-hybridized carbons (Fsp3) is 0.308. The van der Waals surface area contributed by atoms with E-state index in [-0.39, 0.29) is 5.91 Å².